The first-order valence-electron chi connectivity index (χ1n) is 22.4. The fourth-order valence-electron chi connectivity index (χ4n) is 9.03. The summed E-state index contributed by atoms with van der Waals surface area (Å²) in [5.74, 6) is 0. The third-order valence-electron chi connectivity index (χ3n) is 12.4. The summed E-state index contributed by atoms with van der Waals surface area (Å²) in [7, 11) is 0. The number of pyridine rings is 3. The van der Waals surface area contributed by atoms with Crippen LogP contribution in [0.3, 0.4) is 0 Å². The van der Waals surface area contributed by atoms with Gasteiger partial charge in [-0.1, -0.05) is 170 Å². The van der Waals surface area contributed by atoms with Gasteiger partial charge in [0.05, 0.1) is 17.1 Å². The van der Waals surface area contributed by atoms with Crippen molar-refractivity contribution in [1.29, 1.82) is 0 Å². The molecule has 4 aromatic heterocycles. The quantitative estimate of drug-likeness (QED) is 0.123. The van der Waals surface area contributed by atoms with Gasteiger partial charge in [-0.15, -0.1) is 0 Å². The third kappa shape index (κ3) is 8.50. The average molecular weight is 836 g/mol. The number of hydrogen-bond donors (Lipinski definition) is 0. The minimum atomic E-state index is 0.869. The van der Waals surface area contributed by atoms with Crippen molar-refractivity contribution in [2.24, 2.45) is 0 Å². The van der Waals surface area contributed by atoms with Crippen LogP contribution >= 0.6 is 0 Å². The van der Waals surface area contributed by atoms with Gasteiger partial charge in [0, 0.05) is 51.6 Å². The molecule has 0 aliphatic heterocycles. The molecule has 0 radical (unpaired) electrons. The number of fused-ring (bicyclic) bond motifs is 3. The molecule has 0 bridgehead atoms. The predicted molar refractivity (Wildman–Crippen MR) is 267 cm³/mol. The van der Waals surface area contributed by atoms with Crippen LogP contribution in [0.4, 0.5) is 0 Å². The van der Waals surface area contributed by atoms with Crippen molar-refractivity contribution in [3.8, 4) is 67.2 Å². The van der Waals surface area contributed by atoms with Crippen molar-refractivity contribution in [3.63, 3.8) is 0 Å². The van der Waals surface area contributed by atoms with Crippen LogP contribution in [0.1, 0.15) is 22.3 Å². The molecule has 11 aromatic rings. The lowest BCUT2D eigenvalue weighted by molar-refractivity contribution is 0.669. The average Bonchev–Trinajstić information content (AvgIpc) is 3.76. The highest BCUT2D eigenvalue weighted by molar-refractivity contribution is 6.06. The lowest BCUT2D eigenvalue weighted by Crippen LogP contribution is -1.99. The number of hydrogen-bond acceptors (Lipinski definition) is 4. The molecule has 4 heteroatoms. The van der Waals surface area contributed by atoms with Gasteiger partial charge >= 0.3 is 0 Å². The van der Waals surface area contributed by atoms with Crippen LogP contribution < -0.4 is 0 Å². The first-order chi connectivity index (χ1) is 32.2. The summed E-state index contributed by atoms with van der Waals surface area (Å²) in [6.07, 6.45) is 9.67. The number of benzene rings is 7. The predicted octanol–water partition coefficient (Wildman–Crippen LogP) is 15.3. The van der Waals surface area contributed by atoms with Gasteiger partial charge in [0.1, 0.15) is 11.2 Å². The fourth-order valence-corrected chi connectivity index (χ4v) is 9.03. The largest absolute Gasteiger partial charge is 0.456 e. The molecule has 0 fully saturated rings. The van der Waals surface area contributed by atoms with E-state index in [1.165, 1.54) is 33.4 Å². The standard InChI is InChI=1S/C61H45N3O/c1-4-14-46(15-5-1)57-32-28-42(39-62-57)24-26-44-34-45(27-25-43-29-33-58(63-40-43)47-16-6-2-7-17-47)36-50(35-44)51-20-10-11-21-52(51)56-41-64-59(48-18-8-3-9-19-48)38-55(56)49-30-31-54-53-22-12-13-23-60(53)65-61(54)37-49/h1-23,28-41H,24-27H2. The number of furan rings is 1. The summed E-state index contributed by atoms with van der Waals surface area (Å²) in [5.41, 5.74) is 19.8. The van der Waals surface area contributed by atoms with Gasteiger partial charge in [-0.2, -0.15) is 0 Å². The van der Waals surface area contributed by atoms with E-state index in [0.29, 0.717) is 0 Å². The highest BCUT2D eigenvalue weighted by Crippen LogP contribution is 2.42. The molecule has 4 nitrogen and oxygen atoms in total. The molecule has 7 aromatic carbocycles. The lowest BCUT2D eigenvalue weighted by atomic mass is 9.87. The number of aryl methyl sites for hydroxylation is 4. The maximum Gasteiger partial charge on any atom is 0.136 e. The molecule has 0 spiro atoms. The second-order valence-electron chi connectivity index (χ2n) is 16.7. The van der Waals surface area contributed by atoms with E-state index < -0.39 is 0 Å². The van der Waals surface area contributed by atoms with Gasteiger partial charge in [0.2, 0.25) is 0 Å². The van der Waals surface area contributed by atoms with Gasteiger partial charge in [0.25, 0.3) is 0 Å². The van der Waals surface area contributed by atoms with E-state index in [1.807, 2.05) is 42.7 Å². The molecular weight excluding hydrogens is 791 g/mol. The summed E-state index contributed by atoms with van der Waals surface area (Å²) in [4.78, 5) is 14.8. The SMILES string of the molecule is c1ccc(-c2ccc(CCc3cc(CCc4ccc(-c5ccccc5)nc4)cc(-c4ccccc4-c4cnc(-c5ccccc5)cc4-c4ccc5c(c4)oc4ccccc45)c3)cn2)cc1. The Kier molecular flexibility index (Phi) is 10.9. The highest BCUT2D eigenvalue weighted by Gasteiger charge is 2.18. The molecule has 0 atom stereocenters. The zero-order valence-corrected chi connectivity index (χ0v) is 35.9. The van der Waals surface area contributed by atoms with Crippen LogP contribution in [0, 0.1) is 0 Å². The van der Waals surface area contributed by atoms with E-state index in [-0.39, 0.29) is 0 Å². The molecule has 310 valence electrons. The maximum atomic E-state index is 6.43. The fraction of sp³-hybridized carbons (Fsp3) is 0.0656. The summed E-state index contributed by atoms with van der Waals surface area (Å²) < 4.78 is 6.43. The van der Waals surface area contributed by atoms with E-state index >= 15 is 0 Å². The van der Waals surface area contributed by atoms with Crippen LogP contribution in [0.25, 0.3) is 89.1 Å². The Hall–Kier alpha value is -8.21. The second kappa shape index (κ2) is 17.9. The Morgan fingerprint density at radius 1 is 0.277 bits per heavy atom. The number of nitrogens with zero attached hydrogens (tertiary/aromatic N) is 3. The van der Waals surface area contributed by atoms with E-state index in [4.69, 9.17) is 19.4 Å². The topological polar surface area (TPSA) is 51.8 Å². The van der Waals surface area contributed by atoms with Gasteiger partial charge in [0.15, 0.2) is 0 Å². The minimum Gasteiger partial charge on any atom is -0.456 e. The number of aromatic nitrogens is 3. The molecule has 0 aliphatic carbocycles. The molecule has 11 rings (SSSR count). The van der Waals surface area contributed by atoms with Crippen LogP contribution in [0.2, 0.25) is 0 Å². The Bertz CT molecular complexity index is 3290. The Morgan fingerprint density at radius 2 is 0.785 bits per heavy atom. The van der Waals surface area contributed by atoms with Crippen molar-refractivity contribution in [3.05, 3.63) is 247 Å². The molecular formula is C61H45N3O. The summed E-state index contributed by atoms with van der Waals surface area (Å²) >= 11 is 0. The van der Waals surface area contributed by atoms with Crippen molar-refractivity contribution in [2.45, 2.75) is 25.7 Å². The molecule has 0 amide bonds. The van der Waals surface area contributed by atoms with Crippen molar-refractivity contribution in [1.82, 2.24) is 15.0 Å². The molecule has 0 N–H and O–H groups in total. The smallest absolute Gasteiger partial charge is 0.136 e. The van der Waals surface area contributed by atoms with E-state index in [9.17, 15) is 0 Å². The monoisotopic (exact) mass is 835 g/mol. The van der Waals surface area contributed by atoms with Crippen molar-refractivity contribution in [2.75, 3.05) is 0 Å². The first kappa shape index (κ1) is 39.6. The molecule has 65 heavy (non-hydrogen) atoms. The summed E-state index contributed by atoms with van der Waals surface area (Å²) in [6, 6.07) is 72.9. The summed E-state index contributed by atoms with van der Waals surface area (Å²) in [5, 5.41) is 2.23. The second-order valence-corrected chi connectivity index (χ2v) is 16.7. The van der Waals surface area contributed by atoms with Gasteiger partial charge in [-0.05, 0) is 112 Å². The van der Waals surface area contributed by atoms with Crippen molar-refractivity contribution < 1.29 is 4.42 Å². The van der Waals surface area contributed by atoms with E-state index in [0.717, 1.165) is 104 Å². The highest BCUT2D eigenvalue weighted by atomic mass is 16.3. The zero-order valence-electron chi connectivity index (χ0n) is 35.9. The summed E-state index contributed by atoms with van der Waals surface area (Å²) in [6.45, 7) is 0. The molecule has 0 unspecified atom stereocenters. The van der Waals surface area contributed by atoms with Crippen LogP contribution in [-0.2, 0) is 25.7 Å². The molecule has 0 aliphatic rings. The van der Waals surface area contributed by atoms with Crippen LogP contribution in [0.15, 0.2) is 229 Å². The normalized spacial score (nSPS) is 11.3. The zero-order chi connectivity index (χ0) is 43.4. The maximum absolute atomic E-state index is 6.43. The van der Waals surface area contributed by atoms with Crippen LogP contribution in [0.5, 0.6) is 0 Å². The Labute approximate surface area is 379 Å². The molecule has 4 heterocycles. The molecule has 0 saturated heterocycles. The lowest BCUT2D eigenvalue weighted by Gasteiger charge is -2.17. The molecule has 0 saturated carbocycles. The Morgan fingerprint density at radius 3 is 1.38 bits per heavy atom. The number of rotatable bonds is 12. The first-order valence-corrected chi connectivity index (χ1v) is 22.4. The van der Waals surface area contributed by atoms with E-state index in [2.05, 4.69) is 182 Å². The number of para-hydroxylation sites is 1. The van der Waals surface area contributed by atoms with Crippen LogP contribution in [-0.4, -0.2) is 15.0 Å². The van der Waals surface area contributed by atoms with Crippen molar-refractivity contribution >= 4 is 21.9 Å². The third-order valence-corrected chi connectivity index (χ3v) is 12.4. The Balaban J connectivity index is 0.974. The van der Waals surface area contributed by atoms with E-state index in [1.54, 1.807) is 0 Å². The minimum absolute atomic E-state index is 0.869. The van der Waals surface area contributed by atoms with Gasteiger partial charge < -0.3 is 4.42 Å². The van der Waals surface area contributed by atoms with Gasteiger partial charge in [-0.25, -0.2) is 0 Å². The van der Waals surface area contributed by atoms with Gasteiger partial charge in [-0.3, -0.25) is 15.0 Å².